The van der Waals surface area contributed by atoms with Crippen LogP contribution in [-0.2, 0) is 16.0 Å². The molecule has 2 aromatic carbocycles. The number of anilines is 1. The van der Waals surface area contributed by atoms with E-state index >= 15 is 0 Å². The number of hydrogen-bond acceptors (Lipinski definition) is 4. The second kappa shape index (κ2) is 6.53. The van der Waals surface area contributed by atoms with Crippen molar-refractivity contribution in [3.8, 4) is 5.75 Å². The molecule has 0 bridgehead atoms. The van der Waals surface area contributed by atoms with Gasteiger partial charge in [0.25, 0.3) is 5.91 Å². The highest BCUT2D eigenvalue weighted by Crippen LogP contribution is 2.28. The van der Waals surface area contributed by atoms with E-state index in [2.05, 4.69) is 0 Å². The van der Waals surface area contributed by atoms with E-state index in [1.165, 1.54) is 25.1 Å². The van der Waals surface area contributed by atoms with Crippen LogP contribution in [0.25, 0.3) is 0 Å². The molecule has 5 nitrogen and oxygen atoms in total. The monoisotopic (exact) mass is 345 g/mol. The third kappa shape index (κ3) is 3.08. The number of carbonyl (C=O) groups is 2. The minimum Gasteiger partial charge on any atom is -0.507 e. The minimum atomic E-state index is -0.960. The molecule has 6 heteroatoms. The zero-order chi connectivity index (χ0) is 17.3. The number of amides is 1. The van der Waals surface area contributed by atoms with Crippen molar-refractivity contribution in [3.05, 3.63) is 58.6 Å². The summed E-state index contributed by atoms with van der Waals surface area (Å²) >= 11 is 5.74. The van der Waals surface area contributed by atoms with Gasteiger partial charge in [-0.05, 0) is 43.2 Å². The molecule has 1 amide bonds. The molecule has 0 unspecified atom stereocenters. The van der Waals surface area contributed by atoms with Crippen LogP contribution in [0.3, 0.4) is 0 Å². The van der Waals surface area contributed by atoms with Crippen LogP contribution in [0.15, 0.2) is 42.5 Å². The Morgan fingerprint density at radius 1 is 1.25 bits per heavy atom. The number of hydrogen-bond donors (Lipinski definition) is 1. The number of rotatable bonds is 3. The number of aromatic hydroxyl groups is 1. The van der Waals surface area contributed by atoms with Gasteiger partial charge in [-0.15, -0.1) is 0 Å². The number of para-hydroxylation sites is 1. The van der Waals surface area contributed by atoms with Crippen LogP contribution in [0.1, 0.15) is 22.8 Å². The number of carbonyl (C=O) groups excluding carboxylic acids is 2. The lowest BCUT2D eigenvalue weighted by molar-refractivity contribution is -0.126. The molecule has 1 aliphatic rings. The molecule has 1 heterocycles. The van der Waals surface area contributed by atoms with Crippen molar-refractivity contribution >= 4 is 29.2 Å². The Labute approximate surface area is 144 Å². The molecular formula is C18H16ClNO4. The number of phenols is 1. The van der Waals surface area contributed by atoms with Gasteiger partial charge in [0.2, 0.25) is 0 Å². The lowest BCUT2D eigenvalue weighted by Gasteiger charge is -2.21. The van der Waals surface area contributed by atoms with E-state index in [-0.39, 0.29) is 17.2 Å². The Bertz CT molecular complexity index is 805. The van der Waals surface area contributed by atoms with Gasteiger partial charge in [-0.25, -0.2) is 4.79 Å². The Balaban J connectivity index is 1.72. The fraction of sp³-hybridized carbons (Fsp3) is 0.222. The normalized spacial score (nSPS) is 14.2. The van der Waals surface area contributed by atoms with Gasteiger partial charge in [-0.2, -0.15) is 0 Å². The summed E-state index contributed by atoms with van der Waals surface area (Å²) in [5.41, 5.74) is 1.92. The second-order valence-corrected chi connectivity index (χ2v) is 6.01. The molecule has 3 rings (SSSR count). The molecule has 0 fully saturated rings. The largest absolute Gasteiger partial charge is 0.507 e. The van der Waals surface area contributed by atoms with Crippen molar-refractivity contribution in [1.82, 2.24) is 0 Å². The number of fused-ring (bicyclic) bond motifs is 1. The molecule has 0 saturated heterocycles. The minimum absolute atomic E-state index is 0.0270. The summed E-state index contributed by atoms with van der Waals surface area (Å²) in [6, 6.07) is 11.7. The van der Waals surface area contributed by atoms with E-state index < -0.39 is 12.1 Å². The van der Waals surface area contributed by atoms with Crippen molar-refractivity contribution in [3.63, 3.8) is 0 Å². The molecular weight excluding hydrogens is 330 g/mol. The Morgan fingerprint density at radius 2 is 2.00 bits per heavy atom. The van der Waals surface area contributed by atoms with Gasteiger partial charge in [0.1, 0.15) is 11.3 Å². The van der Waals surface area contributed by atoms with Crippen LogP contribution in [-0.4, -0.2) is 29.6 Å². The van der Waals surface area contributed by atoms with Gasteiger partial charge in [0, 0.05) is 17.3 Å². The summed E-state index contributed by atoms with van der Waals surface area (Å²) < 4.78 is 5.21. The number of nitrogens with zero attached hydrogens (tertiary/aromatic N) is 1. The first-order valence-electron chi connectivity index (χ1n) is 7.56. The highest BCUT2D eigenvalue weighted by atomic mass is 35.5. The highest BCUT2D eigenvalue weighted by Gasteiger charge is 2.30. The van der Waals surface area contributed by atoms with Crippen molar-refractivity contribution in [2.24, 2.45) is 0 Å². The van der Waals surface area contributed by atoms with Crippen LogP contribution >= 0.6 is 11.6 Å². The fourth-order valence-electron chi connectivity index (χ4n) is 2.74. The van der Waals surface area contributed by atoms with Crippen LogP contribution < -0.4 is 4.90 Å². The standard InChI is InChI=1S/C18H16ClNO4/c1-11(24-18(23)14-7-6-13(19)10-16(14)21)17(22)20-9-8-12-4-2-3-5-15(12)20/h2-7,10-11,21H,8-9H2,1H3/t11-/m1/s1. The van der Waals surface area contributed by atoms with Crippen molar-refractivity contribution in [2.45, 2.75) is 19.4 Å². The van der Waals surface area contributed by atoms with Crippen LogP contribution in [0.4, 0.5) is 5.69 Å². The zero-order valence-corrected chi connectivity index (χ0v) is 13.8. The van der Waals surface area contributed by atoms with E-state index in [1.807, 2.05) is 24.3 Å². The first kappa shape index (κ1) is 16.3. The summed E-state index contributed by atoms with van der Waals surface area (Å²) in [7, 11) is 0. The van der Waals surface area contributed by atoms with E-state index in [4.69, 9.17) is 16.3 Å². The van der Waals surface area contributed by atoms with Crippen molar-refractivity contribution in [1.29, 1.82) is 0 Å². The molecule has 0 aliphatic carbocycles. The third-order valence-electron chi connectivity index (χ3n) is 3.96. The van der Waals surface area contributed by atoms with Gasteiger partial charge in [0.15, 0.2) is 6.10 Å². The fourth-order valence-corrected chi connectivity index (χ4v) is 2.90. The number of halogens is 1. The summed E-state index contributed by atoms with van der Waals surface area (Å²) in [4.78, 5) is 26.4. The number of ether oxygens (including phenoxy) is 1. The van der Waals surface area contributed by atoms with Gasteiger partial charge >= 0.3 is 5.97 Å². The molecule has 124 valence electrons. The van der Waals surface area contributed by atoms with Gasteiger partial charge in [0.05, 0.1) is 0 Å². The predicted octanol–water partition coefficient (Wildman–Crippen LogP) is 3.18. The van der Waals surface area contributed by atoms with E-state index in [0.29, 0.717) is 11.6 Å². The number of phenolic OH excluding ortho intramolecular Hbond substituents is 1. The lowest BCUT2D eigenvalue weighted by Crippen LogP contribution is -2.39. The molecule has 1 aliphatic heterocycles. The highest BCUT2D eigenvalue weighted by molar-refractivity contribution is 6.30. The third-order valence-corrected chi connectivity index (χ3v) is 4.20. The average molecular weight is 346 g/mol. The number of esters is 1. The molecule has 24 heavy (non-hydrogen) atoms. The number of benzene rings is 2. The van der Waals surface area contributed by atoms with E-state index in [0.717, 1.165) is 17.7 Å². The molecule has 0 radical (unpaired) electrons. The predicted molar refractivity (Wildman–Crippen MR) is 90.5 cm³/mol. The zero-order valence-electron chi connectivity index (χ0n) is 13.0. The molecule has 0 aromatic heterocycles. The molecule has 0 spiro atoms. The van der Waals surface area contributed by atoms with Crippen LogP contribution in [0.5, 0.6) is 5.75 Å². The smallest absolute Gasteiger partial charge is 0.342 e. The maximum atomic E-state index is 12.6. The first-order valence-corrected chi connectivity index (χ1v) is 7.94. The molecule has 1 N–H and O–H groups in total. The summed E-state index contributed by atoms with van der Waals surface area (Å²) in [5.74, 6) is -1.34. The Morgan fingerprint density at radius 3 is 2.75 bits per heavy atom. The summed E-state index contributed by atoms with van der Waals surface area (Å²) in [6.07, 6.45) is -0.181. The molecule has 2 aromatic rings. The SMILES string of the molecule is C[C@@H](OC(=O)c1ccc(Cl)cc1O)C(=O)N1CCc2ccccc21. The maximum absolute atomic E-state index is 12.6. The first-order chi connectivity index (χ1) is 11.5. The molecule has 1 atom stereocenters. The van der Waals surface area contributed by atoms with Gasteiger partial charge in [-0.1, -0.05) is 29.8 Å². The maximum Gasteiger partial charge on any atom is 0.342 e. The average Bonchev–Trinajstić information content (AvgIpc) is 2.97. The van der Waals surface area contributed by atoms with E-state index in [9.17, 15) is 14.7 Å². The topological polar surface area (TPSA) is 66.8 Å². The second-order valence-electron chi connectivity index (χ2n) is 5.58. The summed E-state index contributed by atoms with van der Waals surface area (Å²) in [6.45, 7) is 2.08. The van der Waals surface area contributed by atoms with Crippen LogP contribution in [0.2, 0.25) is 5.02 Å². The summed E-state index contributed by atoms with van der Waals surface area (Å²) in [5, 5.41) is 10.1. The van der Waals surface area contributed by atoms with Crippen molar-refractivity contribution < 1.29 is 19.4 Å². The Kier molecular flexibility index (Phi) is 4.44. The quantitative estimate of drug-likeness (QED) is 0.868. The van der Waals surface area contributed by atoms with Crippen molar-refractivity contribution in [2.75, 3.05) is 11.4 Å². The van der Waals surface area contributed by atoms with Gasteiger partial charge in [-0.3, -0.25) is 4.79 Å². The van der Waals surface area contributed by atoms with Crippen LogP contribution in [0, 0.1) is 0 Å². The Hall–Kier alpha value is -2.53. The van der Waals surface area contributed by atoms with Gasteiger partial charge < -0.3 is 14.7 Å². The van der Waals surface area contributed by atoms with E-state index in [1.54, 1.807) is 4.90 Å². The lowest BCUT2D eigenvalue weighted by atomic mass is 10.2. The molecule has 0 saturated carbocycles.